The van der Waals surface area contributed by atoms with Crippen molar-refractivity contribution < 1.29 is 9.84 Å². The smallest absolute Gasteiger partial charge is 0.119 e. The predicted octanol–water partition coefficient (Wildman–Crippen LogP) is 2.07. The summed E-state index contributed by atoms with van der Waals surface area (Å²) < 4.78 is 5.45. The molecular formula is C15H21NO2. The fourth-order valence-corrected chi connectivity index (χ4v) is 2.31. The fourth-order valence-electron chi connectivity index (χ4n) is 2.31. The van der Waals surface area contributed by atoms with Gasteiger partial charge in [-0.15, -0.1) is 0 Å². The SMILES string of the molecule is C=CCOc1ccc(CN2CCC(CO)C2)cc1. The Kier molecular flexibility index (Phi) is 4.79. The number of benzene rings is 1. The molecule has 0 radical (unpaired) electrons. The Morgan fingerprint density at radius 3 is 2.78 bits per heavy atom. The normalized spacial score (nSPS) is 19.9. The topological polar surface area (TPSA) is 32.7 Å². The highest BCUT2D eigenvalue weighted by Gasteiger charge is 2.21. The Morgan fingerprint density at radius 2 is 2.17 bits per heavy atom. The van der Waals surface area contributed by atoms with E-state index in [1.54, 1.807) is 6.08 Å². The highest BCUT2D eigenvalue weighted by atomic mass is 16.5. The lowest BCUT2D eigenvalue weighted by atomic mass is 10.1. The second kappa shape index (κ2) is 6.57. The lowest BCUT2D eigenvalue weighted by Gasteiger charge is -2.15. The second-order valence-electron chi connectivity index (χ2n) is 4.82. The summed E-state index contributed by atoms with van der Waals surface area (Å²) in [5.74, 6) is 1.34. The molecule has 1 unspecified atom stereocenters. The summed E-state index contributed by atoms with van der Waals surface area (Å²) in [5, 5.41) is 9.12. The van der Waals surface area contributed by atoms with Crippen LogP contribution in [0.5, 0.6) is 5.75 Å². The average molecular weight is 247 g/mol. The summed E-state index contributed by atoms with van der Waals surface area (Å²) in [6, 6.07) is 8.20. The average Bonchev–Trinajstić information content (AvgIpc) is 2.86. The molecule has 1 aliphatic rings. The van der Waals surface area contributed by atoms with Crippen molar-refractivity contribution in [2.45, 2.75) is 13.0 Å². The van der Waals surface area contributed by atoms with Gasteiger partial charge < -0.3 is 9.84 Å². The number of hydrogen-bond acceptors (Lipinski definition) is 3. The van der Waals surface area contributed by atoms with Crippen LogP contribution in [-0.4, -0.2) is 36.3 Å². The molecule has 1 heterocycles. The third-order valence-electron chi connectivity index (χ3n) is 3.33. The number of hydrogen-bond donors (Lipinski definition) is 1. The van der Waals surface area contributed by atoms with Crippen molar-refractivity contribution in [2.75, 3.05) is 26.3 Å². The van der Waals surface area contributed by atoms with E-state index in [1.165, 1.54) is 5.56 Å². The number of nitrogens with zero attached hydrogens (tertiary/aromatic N) is 1. The molecule has 1 aromatic rings. The third kappa shape index (κ3) is 3.59. The molecule has 18 heavy (non-hydrogen) atoms. The molecule has 0 spiro atoms. The molecule has 1 aliphatic heterocycles. The van der Waals surface area contributed by atoms with E-state index in [2.05, 4.69) is 23.6 Å². The zero-order valence-corrected chi connectivity index (χ0v) is 10.7. The van der Waals surface area contributed by atoms with E-state index in [1.807, 2.05) is 12.1 Å². The number of likely N-dealkylation sites (tertiary alicyclic amines) is 1. The van der Waals surface area contributed by atoms with Gasteiger partial charge in [-0.1, -0.05) is 24.8 Å². The van der Waals surface area contributed by atoms with Gasteiger partial charge >= 0.3 is 0 Å². The maximum absolute atomic E-state index is 9.12. The maximum Gasteiger partial charge on any atom is 0.119 e. The van der Waals surface area contributed by atoms with Gasteiger partial charge in [-0.05, 0) is 36.6 Å². The molecular weight excluding hydrogens is 226 g/mol. The summed E-state index contributed by atoms with van der Waals surface area (Å²) >= 11 is 0. The van der Waals surface area contributed by atoms with E-state index < -0.39 is 0 Å². The van der Waals surface area contributed by atoms with E-state index in [0.29, 0.717) is 19.1 Å². The minimum atomic E-state index is 0.310. The lowest BCUT2D eigenvalue weighted by Crippen LogP contribution is -2.20. The van der Waals surface area contributed by atoms with Crippen molar-refractivity contribution in [1.82, 2.24) is 4.90 Å². The van der Waals surface area contributed by atoms with Gasteiger partial charge in [0.2, 0.25) is 0 Å². The van der Waals surface area contributed by atoms with Crippen LogP contribution in [0.25, 0.3) is 0 Å². The number of aliphatic hydroxyl groups is 1. The zero-order chi connectivity index (χ0) is 12.8. The minimum absolute atomic E-state index is 0.310. The molecule has 2 rings (SSSR count). The molecule has 98 valence electrons. The lowest BCUT2D eigenvalue weighted by molar-refractivity contribution is 0.220. The first-order chi connectivity index (χ1) is 8.81. The Morgan fingerprint density at radius 1 is 1.39 bits per heavy atom. The molecule has 3 heteroatoms. The van der Waals surface area contributed by atoms with Gasteiger partial charge in [0.15, 0.2) is 0 Å². The molecule has 0 bridgehead atoms. The van der Waals surface area contributed by atoms with Crippen LogP contribution in [0.4, 0.5) is 0 Å². The Balaban J connectivity index is 1.84. The Labute approximate surface area is 109 Å². The first-order valence-corrected chi connectivity index (χ1v) is 6.47. The van der Waals surface area contributed by atoms with Crippen molar-refractivity contribution in [2.24, 2.45) is 5.92 Å². The van der Waals surface area contributed by atoms with Gasteiger partial charge in [0, 0.05) is 19.7 Å². The summed E-state index contributed by atoms with van der Waals surface area (Å²) in [6.45, 7) is 7.53. The van der Waals surface area contributed by atoms with Gasteiger partial charge in [0.25, 0.3) is 0 Å². The van der Waals surface area contributed by atoms with Crippen LogP contribution in [0.1, 0.15) is 12.0 Å². The second-order valence-corrected chi connectivity index (χ2v) is 4.82. The van der Waals surface area contributed by atoms with E-state index >= 15 is 0 Å². The molecule has 0 aliphatic carbocycles. The predicted molar refractivity (Wildman–Crippen MR) is 72.6 cm³/mol. The van der Waals surface area contributed by atoms with Gasteiger partial charge in [0.1, 0.15) is 12.4 Å². The van der Waals surface area contributed by atoms with Gasteiger partial charge in [-0.3, -0.25) is 4.90 Å². The van der Waals surface area contributed by atoms with Crippen LogP contribution in [-0.2, 0) is 6.54 Å². The van der Waals surface area contributed by atoms with Gasteiger partial charge in [-0.2, -0.15) is 0 Å². The molecule has 1 aromatic carbocycles. The van der Waals surface area contributed by atoms with Crippen molar-refractivity contribution >= 4 is 0 Å². The molecule has 3 nitrogen and oxygen atoms in total. The molecule has 1 fully saturated rings. The quantitative estimate of drug-likeness (QED) is 0.781. The van der Waals surface area contributed by atoms with E-state index in [0.717, 1.165) is 31.8 Å². The maximum atomic E-state index is 9.12. The molecule has 0 aromatic heterocycles. The fraction of sp³-hybridized carbons (Fsp3) is 0.467. The van der Waals surface area contributed by atoms with Crippen LogP contribution < -0.4 is 4.74 Å². The zero-order valence-electron chi connectivity index (χ0n) is 10.7. The van der Waals surface area contributed by atoms with Crippen LogP contribution in [0.3, 0.4) is 0 Å². The molecule has 1 N–H and O–H groups in total. The van der Waals surface area contributed by atoms with Crippen molar-refractivity contribution in [3.63, 3.8) is 0 Å². The number of ether oxygens (including phenoxy) is 1. The Bertz CT molecular complexity index is 375. The van der Waals surface area contributed by atoms with Gasteiger partial charge in [0.05, 0.1) is 0 Å². The Hall–Kier alpha value is -1.32. The van der Waals surface area contributed by atoms with E-state index in [-0.39, 0.29) is 0 Å². The number of rotatable bonds is 6. The summed E-state index contributed by atoms with van der Waals surface area (Å²) in [7, 11) is 0. The van der Waals surface area contributed by atoms with Crippen molar-refractivity contribution in [3.05, 3.63) is 42.5 Å². The van der Waals surface area contributed by atoms with E-state index in [4.69, 9.17) is 9.84 Å². The first kappa shape index (κ1) is 13.1. The first-order valence-electron chi connectivity index (χ1n) is 6.47. The summed E-state index contributed by atoms with van der Waals surface area (Å²) in [6.07, 6.45) is 2.85. The standard InChI is InChI=1S/C15H21NO2/c1-2-9-18-15-5-3-13(4-6-15)10-16-8-7-14(11-16)12-17/h2-6,14,17H,1,7-12H2. The number of aliphatic hydroxyl groups excluding tert-OH is 1. The summed E-state index contributed by atoms with van der Waals surface area (Å²) in [5.41, 5.74) is 1.29. The molecule has 0 amide bonds. The van der Waals surface area contributed by atoms with Crippen LogP contribution in [0.2, 0.25) is 0 Å². The summed E-state index contributed by atoms with van der Waals surface area (Å²) in [4.78, 5) is 2.39. The van der Waals surface area contributed by atoms with Crippen LogP contribution in [0, 0.1) is 5.92 Å². The molecule has 0 saturated carbocycles. The highest BCUT2D eigenvalue weighted by molar-refractivity contribution is 5.27. The molecule has 1 atom stereocenters. The van der Waals surface area contributed by atoms with Crippen molar-refractivity contribution in [1.29, 1.82) is 0 Å². The largest absolute Gasteiger partial charge is 0.490 e. The highest BCUT2D eigenvalue weighted by Crippen LogP contribution is 2.19. The minimum Gasteiger partial charge on any atom is -0.490 e. The van der Waals surface area contributed by atoms with Crippen LogP contribution >= 0.6 is 0 Å². The van der Waals surface area contributed by atoms with Crippen molar-refractivity contribution in [3.8, 4) is 5.75 Å². The van der Waals surface area contributed by atoms with E-state index in [9.17, 15) is 0 Å². The third-order valence-corrected chi connectivity index (χ3v) is 3.33. The monoisotopic (exact) mass is 247 g/mol. The van der Waals surface area contributed by atoms with Crippen LogP contribution in [0.15, 0.2) is 36.9 Å². The molecule has 1 saturated heterocycles. The van der Waals surface area contributed by atoms with Gasteiger partial charge in [-0.25, -0.2) is 0 Å².